The third-order valence-corrected chi connectivity index (χ3v) is 9.54. The van der Waals surface area contributed by atoms with Crippen LogP contribution in [-0.2, 0) is 37.5 Å². The lowest BCUT2D eigenvalue weighted by molar-refractivity contribution is -0.161. The van der Waals surface area contributed by atoms with E-state index < -0.39 is 63.8 Å². The molecule has 0 aliphatic rings. The van der Waals surface area contributed by atoms with Crippen LogP contribution in [0.3, 0.4) is 0 Å². The zero-order chi connectivity index (χ0) is 45.1. The van der Waals surface area contributed by atoms with Crippen LogP contribution in [0.25, 0.3) is 0 Å². The third-order valence-electron chi connectivity index (χ3n) is 8.59. The van der Waals surface area contributed by atoms with Gasteiger partial charge < -0.3 is 30.3 Å². The van der Waals surface area contributed by atoms with Gasteiger partial charge in [0, 0.05) is 12.8 Å². The maximum atomic E-state index is 12.6. The summed E-state index contributed by atoms with van der Waals surface area (Å²) < 4.78 is 32.6. The largest absolute Gasteiger partial charge is 0.480 e. The van der Waals surface area contributed by atoms with Crippen molar-refractivity contribution in [3.8, 4) is 0 Å². The number of carboxylic acids is 1. The van der Waals surface area contributed by atoms with E-state index in [0.717, 1.165) is 57.8 Å². The molecule has 0 aliphatic heterocycles. The lowest BCUT2D eigenvalue weighted by atomic mass is 10.1. The Bertz CT molecular complexity index is 1460. The highest BCUT2D eigenvalue weighted by Crippen LogP contribution is 2.43. The lowest BCUT2D eigenvalue weighted by Crippen LogP contribution is -2.34. The molecule has 344 valence electrons. The second-order valence-corrected chi connectivity index (χ2v) is 15.7. The average molecular weight is 874 g/mol. The fourth-order valence-electron chi connectivity index (χ4n) is 5.11. The summed E-state index contributed by atoms with van der Waals surface area (Å²) in [5.74, 6) is -2.56. The minimum atomic E-state index is -4.76. The minimum Gasteiger partial charge on any atom is -0.480 e. The van der Waals surface area contributed by atoms with Gasteiger partial charge in [0.2, 0.25) is 0 Å². The fraction of sp³-hybridized carbons (Fsp3) is 0.562. The molecule has 0 fully saturated rings. The van der Waals surface area contributed by atoms with E-state index in [1.54, 1.807) is 6.08 Å². The lowest BCUT2D eigenvalue weighted by Gasteiger charge is -2.20. The normalized spacial score (nSPS) is 15.2. The van der Waals surface area contributed by atoms with Gasteiger partial charge in [-0.15, -0.1) is 0 Å². The quantitative estimate of drug-likeness (QED) is 0.0150. The summed E-state index contributed by atoms with van der Waals surface area (Å²) in [6.07, 6.45) is 50.4. The molecular formula is C48H76NO11P. The van der Waals surface area contributed by atoms with Gasteiger partial charge in [-0.1, -0.05) is 142 Å². The van der Waals surface area contributed by atoms with E-state index in [2.05, 4.69) is 79.1 Å². The zero-order valence-electron chi connectivity index (χ0n) is 36.8. The minimum absolute atomic E-state index is 0.0919. The number of carboxylic acid groups (broad SMARTS) is 1. The molecule has 0 amide bonds. The maximum Gasteiger partial charge on any atom is 0.472 e. The molecule has 0 bridgehead atoms. The first kappa shape index (κ1) is 57.1. The van der Waals surface area contributed by atoms with Crippen LogP contribution in [0.4, 0.5) is 0 Å². The number of aliphatic hydroxyl groups excluding tert-OH is 1. The Hall–Kier alpha value is -3.90. The molecule has 0 rings (SSSR count). The average Bonchev–Trinajstić information content (AvgIpc) is 3.23. The standard InChI is InChI=1S/C48H76NO11P/c1-3-5-7-9-11-12-13-14-15-16-17-18-19-20-21-22-27-31-35-39-47(52)60-44(41-58-61(55,56)59-42-45(49)48(53)54)40-57-46(51)38-34-30-26-24-23-25-29-33-37-43(50)36-32-28-10-8-6-4-2/h6,8,11-12,14-15,17-18,20-21,24-26,28-29,32-33,37,43-45,50H,3-5,7,9-10,13,16,19,22-23,27,30-31,34-36,38-42,49H2,1-2H3,(H,53,54)(H,55,56)/b8-6-,12-11-,15-14-,18-17-,21-20-,26-24-,29-25-,32-28-,37-33+/t43?,44-,45+/m1/s1. The first-order valence-electron chi connectivity index (χ1n) is 22.0. The highest BCUT2D eigenvalue weighted by Gasteiger charge is 2.28. The predicted octanol–water partition coefficient (Wildman–Crippen LogP) is 10.8. The first-order valence-corrected chi connectivity index (χ1v) is 23.5. The van der Waals surface area contributed by atoms with Crippen molar-refractivity contribution in [2.45, 2.75) is 154 Å². The van der Waals surface area contributed by atoms with E-state index in [1.807, 2.05) is 42.5 Å². The van der Waals surface area contributed by atoms with Crippen molar-refractivity contribution in [1.82, 2.24) is 0 Å². The highest BCUT2D eigenvalue weighted by atomic mass is 31.2. The molecule has 0 aromatic heterocycles. The van der Waals surface area contributed by atoms with Gasteiger partial charge in [-0.3, -0.25) is 23.4 Å². The second-order valence-electron chi connectivity index (χ2n) is 14.3. The number of allylic oxidation sites excluding steroid dienone is 16. The van der Waals surface area contributed by atoms with Crippen LogP contribution < -0.4 is 5.73 Å². The van der Waals surface area contributed by atoms with Crippen LogP contribution in [-0.4, -0.2) is 71.1 Å². The molecule has 0 heterocycles. The highest BCUT2D eigenvalue weighted by molar-refractivity contribution is 7.47. The van der Waals surface area contributed by atoms with Gasteiger partial charge in [0.15, 0.2) is 6.10 Å². The summed E-state index contributed by atoms with van der Waals surface area (Å²) in [4.78, 5) is 46.0. The SMILES string of the molecule is CC/C=C\C/C=C\CC(O)/C=C/C=C\C/C=C\CCCC(=O)OC[C@H](COP(=O)(O)OC[C@H](N)C(=O)O)OC(=O)CCCCC/C=C\C/C=C\C/C=C\C/C=C\CCCCC. The molecule has 0 spiro atoms. The van der Waals surface area contributed by atoms with Crippen molar-refractivity contribution in [1.29, 1.82) is 0 Å². The third kappa shape index (κ3) is 41.2. The molecule has 2 unspecified atom stereocenters. The number of carbonyl (C=O) groups is 3. The molecule has 0 aromatic carbocycles. The fourth-order valence-corrected chi connectivity index (χ4v) is 5.89. The second kappa shape index (κ2) is 41.5. The summed E-state index contributed by atoms with van der Waals surface area (Å²) >= 11 is 0. The van der Waals surface area contributed by atoms with Crippen LogP contribution >= 0.6 is 7.82 Å². The smallest absolute Gasteiger partial charge is 0.472 e. The molecule has 0 radical (unpaired) electrons. The van der Waals surface area contributed by atoms with Gasteiger partial charge in [-0.2, -0.15) is 0 Å². The Morgan fingerprint density at radius 1 is 0.607 bits per heavy atom. The molecule has 4 atom stereocenters. The number of phosphoric acid groups is 1. The van der Waals surface area contributed by atoms with Crippen molar-refractivity contribution in [2.75, 3.05) is 19.8 Å². The Balaban J connectivity index is 4.60. The summed E-state index contributed by atoms with van der Waals surface area (Å²) in [5.41, 5.74) is 5.32. The molecule has 0 aromatic rings. The van der Waals surface area contributed by atoms with E-state index >= 15 is 0 Å². The Morgan fingerprint density at radius 2 is 1.13 bits per heavy atom. The number of phosphoric ester groups is 1. The van der Waals surface area contributed by atoms with Crippen molar-refractivity contribution >= 4 is 25.7 Å². The molecule has 0 aliphatic carbocycles. The number of nitrogens with two attached hydrogens (primary N) is 1. The van der Waals surface area contributed by atoms with Gasteiger partial charge in [0.1, 0.15) is 12.6 Å². The number of ether oxygens (including phenoxy) is 2. The van der Waals surface area contributed by atoms with Gasteiger partial charge in [0.25, 0.3) is 0 Å². The molecule has 0 saturated carbocycles. The van der Waals surface area contributed by atoms with Crippen molar-refractivity contribution in [2.24, 2.45) is 5.73 Å². The predicted molar refractivity (Wildman–Crippen MR) is 246 cm³/mol. The van der Waals surface area contributed by atoms with Crippen molar-refractivity contribution < 1.29 is 52.6 Å². The number of hydrogen-bond donors (Lipinski definition) is 4. The van der Waals surface area contributed by atoms with Gasteiger partial charge in [-0.05, 0) is 89.9 Å². The number of esters is 2. The summed E-state index contributed by atoms with van der Waals surface area (Å²) in [6.45, 7) is 2.46. The van der Waals surface area contributed by atoms with E-state index in [0.29, 0.717) is 32.1 Å². The van der Waals surface area contributed by atoms with E-state index in [9.17, 15) is 28.9 Å². The number of unbranched alkanes of at least 4 members (excludes halogenated alkanes) is 7. The number of carbonyl (C=O) groups excluding carboxylic acids is 2. The number of aliphatic carboxylic acids is 1. The molecule has 5 N–H and O–H groups in total. The van der Waals surface area contributed by atoms with Crippen LogP contribution in [0.2, 0.25) is 0 Å². The Kier molecular flexibility index (Phi) is 38.8. The van der Waals surface area contributed by atoms with Gasteiger partial charge in [0.05, 0.1) is 19.3 Å². The van der Waals surface area contributed by atoms with Gasteiger partial charge in [-0.25, -0.2) is 4.57 Å². The molecule has 61 heavy (non-hydrogen) atoms. The molecule has 12 nitrogen and oxygen atoms in total. The number of hydrogen-bond acceptors (Lipinski definition) is 10. The number of aliphatic hydroxyl groups is 1. The molecular weight excluding hydrogens is 797 g/mol. The van der Waals surface area contributed by atoms with Crippen molar-refractivity contribution in [3.05, 3.63) is 109 Å². The summed E-state index contributed by atoms with van der Waals surface area (Å²) in [5, 5.41) is 18.9. The molecule has 0 saturated heterocycles. The number of rotatable bonds is 39. The Morgan fingerprint density at radius 3 is 1.74 bits per heavy atom. The van der Waals surface area contributed by atoms with Crippen LogP contribution in [0.1, 0.15) is 136 Å². The maximum absolute atomic E-state index is 12.6. The van der Waals surface area contributed by atoms with Gasteiger partial charge >= 0.3 is 25.7 Å². The topological polar surface area (TPSA) is 192 Å². The van der Waals surface area contributed by atoms with E-state index in [4.69, 9.17) is 24.8 Å². The van der Waals surface area contributed by atoms with Crippen LogP contribution in [0, 0.1) is 0 Å². The Labute approximate surface area is 366 Å². The van der Waals surface area contributed by atoms with Crippen LogP contribution in [0.15, 0.2) is 109 Å². The molecule has 13 heteroatoms. The van der Waals surface area contributed by atoms with E-state index in [1.165, 1.54) is 19.3 Å². The zero-order valence-corrected chi connectivity index (χ0v) is 37.7. The van der Waals surface area contributed by atoms with E-state index in [-0.39, 0.29) is 12.8 Å². The summed E-state index contributed by atoms with van der Waals surface area (Å²) in [7, 11) is -4.76. The van der Waals surface area contributed by atoms with Crippen molar-refractivity contribution in [3.63, 3.8) is 0 Å². The first-order chi connectivity index (χ1) is 29.5. The van der Waals surface area contributed by atoms with Crippen LogP contribution in [0.5, 0.6) is 0 Å². The summed E-state index contributed by atoms with van der Waals surface area (Å²) in [6, 6.07) is -1.55. The monoisotopic (exact) mass is 874 g/mol.